The average molecular weight is 173 g/mol. The van der Waals surface area contributed by atoms with Gasteiger partial charge in [0.25, 0.3) is 12.2 Å². The molecular weight excluding hydrogens is 166 g/mol. The van der Waals surface area contributed by atoms with E-state index in [1.54, 1.807) is 0 Å². The van der Waals surface area contributed by atoms with Crippen molar-refractivity contribution < 1.29 is 9.85 Å². The van der Waals surface area contributed by atoms with E-state index in [0.29, 0.717) is 19.2 Å². The molecule has 0 aliphatic carbocycles. The third-order valence-corrected chi connectivity index (χ3v) is 1.60. The van der Waals surface area contributed by atoms with Gasteiger partial charge in [-0.1, -0.05) is 0 Å². The summed E-state index contributed by atoms with van der Waals surface area (Å²) in [6, 6.07) is -0.935. The molecule has 12 heavy (non-hydrogen) atoms. The molecule has 0 radical (unpaired) electrons. The van der Waals surface area contributed by atoms with Crippen LogP contribution in [0.5, 0.6) is 0 Å². The molecule has 0 spiro atoms. The third-order valence-electron chi connectivity index (χ3n) is 1.60. The van der Waals surface area contributed by atoms with Gasteiger partial charge in [0, 0.05) is 17.9 Å². The molecule has 1 atom stereocenters. The molecule has 7 nitrogen and oxygen atoms in total. The van der Waals surface area contributed by atoms with Crippen LogP contribution >= 0.6 is 0 Å². The minimum absolute atomic E-state index is 0.0880. The highest BCUT2D eigenvalue weighted by Crippen LogP contribution is 2.13. The number of nitrogens with zero attached hydrogens (tertiary/aromatic N) is 2. The van der Waals surface area contributed by atoms with Crippen molar-refractivity contribution in [2.24, 2.45) is 0 Å². The molecule has 0 aromatic rings. The maximum atomic E-state index is 10.3. The summed E-state index contributed by atoms with van der Waals surface area (Å²) in [5.41, 5.74) is 0.0880. The molecule has 1 heterocycles. The largest absolute Gasteiger partial charge is 0.377 e. The summed E-state index contributed by atoms with van der Waals surface area (Å²) >= 11 is 0. The van der Waals surface area contributed by atoms with E-state index in [9.17, 15) is 20.2 Å². The predicted molar refractivity (Wildman–Crippen MR) is 38.5 cm³/mol. The van der Waals surface area contributed by atoms with Crippen LogP contribution in [0.3, 0.4) is 0 Å². The van der Waals surface area contributed by atoms with Gasteiger partial charge in [-0.2, -0.15) is 0 Å². The highest BCUT2D eigenvalue weighted by atomic mass is 16.6. The molecule has 1 fully saturated rings. The van der Waals surface area contributed by atoms with E-state index in [-0.39, 0.29) is 5.70 Å². The summed E-state index contributed by atoms with van der Waals surface area (Å²) in [7, 11) is 0. The van der Waals surface area contributed by atoms with E-state index < -0.39 is 15.9 Å². The van der Waals surface area contributed by atoms with Crippen LogP contribution < -0.4 is 5.32 Å². The van der Waals surface area contributed by atoms with Crippen molar-refractivity contribution in [2.45, 2.75) is 12.5 Å². The van der Waals surface area contributed by atoms with Crippen LogP contribution in [0.25, 0.3) is 0 Å². The Morgan fingerprint density at radius 3 is 2.67 bits per heavy atom. The van der Waals surface area contributed by atoms with Crippen molar-refractivity contribution in [3.63, 3.8) is 0 Å². The van der Waals surface area contributed by atoms with Gasteiger partial charge < -0.3 is 5.32 Å². The Balaban J connectivity index is 2.76. The topological polar surface area (TPSA) is 98.3 Å². The van der Waals surface area contributed by atoms with Gasteiger partial charge in [-0.3, -0.25) is 20.2 Å². The quantitative estimate of drug-likeness (QED) is 0.458. The molecule has 1 N–H and O–H groups in total. The third kappa shape index (κ3) is 1.68. The Hall–Kier alpha value is -1.66. The molecular formula is C5H7N3O4. The molecule has 0 aromatic carbocycles. The Bertz CT molecular complexity index is 249. The number of rotatable bonds is 2. The summed E-state index contributed by atoms with van der Waals surface area (Å²) in [6.07, 6.45) is 0.965. The Morgan fingerprint density at radius 2 is 2.17 bits per heavy atom. The summed E-state index contributed by atoms with van der Waals surface area (Å²) in [5, 5.41) is 22.9. The lowest BCUT2D eigenvalue weighted by Crippen LogP contribution is -2.20. The van der Waals surface area contributed by atoms with E-state index >= 15 is 0 Å². The molecule has 1 unspecified atom stereocenters. The zero-order valence-electron chi connectivity index (χ0n) is 6.10. The number of nitrogens with one attached hydrogen (secondary N) is 1. The minimum atomic E-state index is -0.935. The summed E-state index contributed by atoms with van der Waals surface area (Å²) < 4.78 is 0. The highest BCUT2D eigenvalue weighted by Gasteiger charge is 2.32. The van der Waals surface area contributed by atoms with E-state index in [2.05, 4.69) is 5.32 Å². The van der Waals surface area contributed by atoms with Crippen LogP contribution in [0.2, 0.25) is 0 Å². The molecule has 7 heteroatoms. The van der Waals surface area contributed by atoms with Crippen molar-refractivity contribution in [1.82, 2.24) is 5.32 Å². The van der Waals surface area contributed by atoms with Gasteiger partial charge in [-0.15, -0.1) is 0 Å². The lowest BCUT2D eigenvalue weighted by atomic mass is 10.2. The van der Waals surface area contributed by atoms with E-state index in [0.717, 1.165) is 0 Å². The maximum Gasteiger partial charge on any atom is 0.260 e. The van der Waals surface area contributed by atoms with Gasteiger partial charge in [0.05, 0.1) is 4.92 Å². The van der Waals surface area contributed by atoms with Gasteiger partial charge in [-0.05, 0) is 0 Å². The molecule has 1 rings (SSSR count). The predicted octanol–water partition coefficient (Wildman–Crippen LogP) is -0.257. The lowest BCUT2D eigenvalue weighted by Gasteiger charge is -1.98. The maximum absolute atomic E-state index is 10.3. The zero-order valence-corrected chi connectivity index (χ0v) is 6.10. The van der Waals surface area contributed by atoms with Crippen molar-refractivity contribution in [2.75, 3.05) is 6.54 Å². The Kier molecular flexibility index (Phi) is 2.22. The van der Waals surface area contributed by atoms with Gasteiger partial charge >= 0.3 is 0 Å². The van der Waals surface area contributed by atoms with Crippen molar-refractivity contribution >= 4 is 0 Å². The standard InChI is InChI=1S/C5H7N3O4/c9-7(10)3-4-5(8(11)12)1-2-6-4/h3,5-6H,1-2H2. The van der Waals surface area contributed by atoms with Crippen molar-refractivity contribution in [1.29, 1.82) is 0 Å². The van der Waals surface area contributed by atoms with E-state index in [1.807, 2.05) is 0 Å². The molecule has 0 amide bonds. The SMILES string of the molecule is O=[N+]([O-])C=C1NCCC1[N+](=O)[O-]. The fourth-order valence-electron chi connectivity index (χ4n) is 1.09. The molecule has 0 aromatic heterocycles. The average Bonchev–Trinajstić information content (AvgIpc) is 2.33. The fraction of sp³-hybridized carbons (Fsp3) is 0.600. The second-order valence-electron chi connectivity index (χ2n) is 2.39. The highest BCUT2D eigenvalue weighted by molar-refractivity contribution is 5.07. The van der Waals surface area contributed by atoms with Crippen LogP contribution in [0.15, 0.2) is 11.9 Å². The molecule has 0 saturated carbocycles. The van der Waals surface area contributed by atoms with Gasteiger partial charge in [0.1, 0.15) is 0 Å². The molecule has 0 bridgehead atoms. The lowest BCUT2D eigenvalue weighted by molar-refractivity contribution is -0.512. The number of hydrogen-bond donors (Lipinski definition) is 1. The van der Waals surface area contributed by atoms with E-state index in [4.69, 9.17) is 0 Å². The summed E-state index contributed by atoms with van der Waals surface area (Å²) in [6.45, 7) is 0.422. The molecule has 66 valence electrons. The Labute approximate surface area is 67.4 Å². The van der Waals surface area contributed by atoms with Crippen LogP contribution in [-0.4, -0.2) is 22.4 Å². The second kappa shape index (κ2) is 3.16. The fourth-order valence-corrected chi connectivity index (χ4v) is 1.09. The smallest absolute Gasteiger partial charge is 0.260 e. The first kappa shape index (κ1) is 8.44. The first-order valence-electron chi connectivity index (χ1n) is 3.34. The molecule has 1 aliphatic rings. The van der Waals surface area contributed by atoms with Crippen LogP contribution in [0.1, 0.15) is 6.42 Å². The first-order valence-corrected chi connectivity index (χ1v) is 3.34. The number of nitro groups is 2. The molecule has 1 saturated heterocycles. The van der Waals surface area contributed by atoms with Gasteiger partial charge in [-0.25, -0.2) is 0 Å². The normalized spacial score (nSPS) is 25.3. The van der Waals surface area contributed by atoms with Crippen LogP contribution in [0, 0.1) is 20.2 Å². The Morgan fingerprint density at radius 1 is 1.50 bits per heavy atom. The first-order chi connectivity index (χ1) is 5.61. The van der Waals surface area contributed by atoms with Crippen LogP contribution in [-0.2, 0) is 0 Å². The second-order valence-corrected chi connectivity index (χ2v) is 2.39. The molecule has 1 aliphatic heterocycles. The zero-order chi connectivity index (χ0) is 9.14. The number of hydrogen-bond acceptors (Lipinski definition) is 5. The van der Waals surface area contributed by atoms with E-state index in [1.165, 1.54) is 0 Å². The summed E-state index contributed by atoms with van der Waals surface area (Å²) in [4.78, 5) is 19.1. The minimum Gasteiger partial charge on any atom is -0.377 e. The van der Waals surface area contributed by atoms with Gasteiger partial charge in [0.15, 0.2) is 5.70 Å². The monoisotopic (exact) mass is 173 g/mol. The van der Waals surface area contributed by atoms with Crippen molar-refractivity contribution in [3.05, 3.63) is 32.1 Å². The van der Waals surface area contributed by atoms with Crippen LogP contribution in [0.4, 0.5) is 0 Å². The van der Waals surface area contributed by atoms with Crippen molar-refractivity contribution in [3.8, 4) is 0 Å². The summed E-state index contributed by atoms with van der Waals surface area (Å²) in [5.74, 6) is 0. The van der Waals surface area contributed by atoms with Gasteiger partial charge in [0.2, 0.25) is 0 Å².